The zero-order chi connectivity index (χ0) is 10.1. The van der Waals surface area contributed by atoms with Crippen LogP contribution in [0.5, 0.6) is 0 Å². The molecule has 3 nitrogen and oxygen atoms in total. The van der Waals surface area contributed by atoms with Crippen LogP contribution in [-0.2, 0) is 0 Å². The number of thioether (sulfide) groups is 1. The Morgan fingerprint density at radius 2 is 2.29 bits per heavy atom. The second kappa shape index (κ2) is 3.77. The number of rotatable bonds is 3. The molecule has 14 heavy (non-hydrogen) atoms. The molecule has 1 aliphatic carbocycles. The molecule has 0 radical (unpaired) electrons. The van der Waals surface area contributed by atoms with Gasteiger partial charge in [0, 0.05) is 23.6 Å². The normalized spacial score (nSPS) is 16.2. The first kappa shape index (κ1) is 9.77. The predicted molar refractivity (Wildman–Crippen MR) is 57.8 cm³/mol. The van der Waals surface area contributed by atoms with Gasteiger partial charge in [-0.1, -0.05) is 25.6 Å². The standard InChI is InChI=1S/C10H14N2OS/c1-7(2)14-10-11-9(13)5-6-12(10)8-3-4-8/h5-8H,3-4H2,1-2H3. The molecule has 0 atom stereocenters. The quantitative estimate of drug-likeness (QED) is 0.566. The van der Waals surface area contributed by atoms with E-state index in [0.29, 0.717) is 11.3 Å². The summed E-state index contributed by atoms with van der Waals surface area (Å²) in [5.74, 6) is 0. The Bertz CT molecular complexity index is 382. The van der Waals surface area contributed by atoms with Crippen molar-refractivity contribution in [2.45, 2.75) is 43.1 Å². The molecule has 1 aliphatic rings. The van der Waals surface area contributed by atoms with Crippen LogP contribution >= 0.6 is 11.8 Å². The third kappa shape index (κ3) is 2.18. The van der Waals surface area contributed by atoms with Gasteiger partial charge < -0.3 is 4.57 Å². The third-order valence-corrected chi connectivity index (χ3v) is 3.07. The molecule has 0 amide bonds. The van der Waals surface area contributed by atoms with E-state index in [1.165, 1.54) is 12.8 Å². The van der Waals surface area contributed by atoms with Crippen molar-refractivity contribution in [1.82, 2.24) is 9.55 Å². The number of aromatic nitrogens is 2. The Hall–Kier alpha value is -0.770. The van der Waals surface area contributed by atoms with E-state index < -0.39 is 0 Å². The van der Waals surface area contributed by atoms with Gasteiger partial charge >= 0.3 is 0 Å². The minimum atomic E-state index is -0.134. The maximum absolute atomic E-state index is 11.1. The number of nitrogens with zero attached hydrogens (tertiary/aromatic N) is 2. The molecule has 0 saturated heterocycles. The molecule has 1 aromatic heterocycles. The molecule has 2 rings (SSSR count). The SMILES string of the molecule is CC(C)Sc1nc(=O)ccn1C1CC1. The Morgan fingerprint density at radius 3 is 2.86 bits per heavy atom. The lowest BCUT2D eigenvalue weighted by Gasteiger charge is -2.11. The van der Waals surface area contributed by atoms with Crippen molar-refractivity contribution in [1.29, 1.82) is 0 Å². The largest absolute Gasteiger partial charge is 0.324 e. The summed E-state index contributed by atoms with van der Waals surface area (Å²) in [7, 11) is 0. The van der Waals surface area contributed by atoms with E-state index in [9.17, 15) is 4.79 Å². The lowest BCUT2D eigenvalue weighted by molar-refractivity contribution is 0.623. The van der Waals surface area contributed by atoms with Gasteiger partial charge in [0.15, 0.2) is 5.16 Å². The van der Waals surface area contributed by atoms with E-state index in [0.717, 1.165) is 5.16 Å². The van der Waals surface area contributed by atoms with Crippen LogP contribution in [0.15, 0.2) is 22.2 Å². The first-order valence-electron chi connectivity index (χ1n) is 4.92. The average Bonchev–Trinajstić information content (AvgIpc) is 2.86. The van der Waals surface area contributed by atoms with E-state index in [1.807, 2.05) is 6.20 Å². The van der Waals surface area contributed by atoms with Gasteiger partial charge in [0.25, 0.3) is 5.56 Å². The van der Waals surface area contributed by atoms with E-state index in [1.54, 1.807) is 17.8 Å². The van der Waals surface area contributed by atoms with Crippen molar-refractivity contribution in [3.05, 3.63) is 22.6 Å². The maximum Gasteiger partial charge on any atom is 0.273 e. The second-order valence-corrected chi connectivity index (χ2v) is 5.40. The van der Waals surface area contributed by atoms with Crippen LogP contribution in [0.25, 0.3) is 0 Å². The molecular formula is C10H14N2OS. The molecule has 1 aromatic rings. The molecule has 0 aromatic carbocycles. The monoisotopic (exact) mass is 210 g/mol. The van der Waals surface area contributed by atoms with Crippen LogP contribution in [0, 0.1) is 0 Å². The van der Waals surface area contributed by atoms with E-state index >= 15 is 0 Å². The first-order valence-corrected chi connectivity index (χ1v) is 5.80. The lowest BCUT2D eigenvalue weighted by atomic mass is 10.6. The van der Waals surface area contributed by atoms with Crippen molar-refractivity contribution in [3.63, 3.8) is 0 Å². The van der Waals surface area contributed by atoms with Crippen LogP contribution < -0.4 is 5.56 Å². The molecule has 76 valence electrons. The van der Waals surface area contributed by atoms with Crippen LogP contribution in [0.4, 0.5) is 0 Å². The van der Waals surface area contributed by atoms with Gasteiger partial charge in [-0.25, -0.2) is 0 Å². The first-order chi connectivity index (χ1) is 6.66. The van der Waals surface area contributed by atoms with Gasteiger partial charge in [-0.05, 0) is 12.8 Å². The fourth-order valence-electron chi connectivity index (χ4n) is 1.33. The highest BCUT2D eigenvalue weighted by Crippen LogP contribution is 2.37. The average molecular weight is 210 g/mol. The molecule has 0 bridgehead atoms. The Kier molecular flexibility index (Phi) is 2.63. The van der Waals surface area contributed by atoms with Gasteiger partial charge in [-0.2, -0.15) is 4.98 Å². The summed E-state index contributed by atoms with van der Waals surface area (Å²) < 4.78 is 2.13. The van der Waals surface area contributed by atoms with Gasteiger partial charge in [-0.15, -0.1) is 0 Å². The summed E-state index contributed by atoms with van der Waals surface area (Å²) in [4.78, 5) is 15.2. The Balaban J connectivity index is 2.32. The summed E-state index contributed by atoms with van der Waals surface area (Å²) in [6, 6.07) is 2.13. The Morgan fingerprint density at radius 1 is 1.57 bits per heavy atom. The van der Waals surface area contributed by atoms with Crippen molar-refractivity contribution in [2.24, 2.45) is 0 Å². The Labute approximate surface area is 87.5 Å². The number of hydrogen-bond donors (Lipinski definition) is 0. The third-order valence-electron chi connectivity index (χ3n) is 2.09. The van der Waals surface area contributed by atoms with Crippen LogP contribution in [-0.4, -0.2) is 14.8 Å². The number of hydrogen-bond acceptors (Lipinski definition) is 3. The summed E-state index contributed by atoms with van der Waals surface area (Å²) in [6.45, 7) is 4.22. The highest BCUT2D eigenvalue weighted by molar-refractivity contribution is 7.99. The van der Waals surface area contributed by atoms with Gasteiger partial charge in [-0.3, -0.25) is 4.79 Å². The van der Waals surface area contributed by atoms with E-state index in [2.05, 4.69) is 23.4 Å². The second-order valence-electron chi connectivity index (χ2n) is 3.85. The molecule has 1 heterocycles. The summed E-state index contributed by atoms with van der Waals surface area (Å²) >= 11 is 1.66. The zero-order valence-electron chi connectivity index (χ0n) is 8.43. The molecule has 0 spiro atoms. The zero-order valence-corrected chi connectivity index (χ0v) is 9.25. The summed E-state index contributed by atoms with van der Waals surface area (Å²) in [5.41, 5.74) is -0.134. The van der Waals surface area contributed by atoms with E-state index in [4.69, 9.17) is 0 Å². The van der Waals surface area contributed by atoms with Crippen molar-refractivity contribution in [2.75, 3.05) is 0 Å². The van der Waals surface area contributed by atoms with Gasteiger partial charge in [0.2, 0.25) is 0 Å². The van der Waals surface area contributed by atoms with Gasteiger partial charge in [0.05, 0.1) is 0 Å². The highest BCUT2D eigenvalue weighted by atomic mass is 32.2. The van der Waals surface area contributed by atoms with Crippen LogP contribution in [0.3, 0.4) is 0 Å². The highest BCUT2D eigenvalue weighted by Gasteiger charge is 2.25. The fourth-order valence-corrected chi connectivity index (χ4v) is 2.22. The van der Waals surface area contributed by atoms with Crippen molar-refractivity contribution >= 4 is 11.8 Å². The minimum absolute atomic E-state index is 0.134. The topological polar surface area (TPSA) is 34.9 Å². The van der Waals surface area contributed by atoms with Gasteiger partial charge in [0.1, 0.15) is 0 Å². The smallest absolute Gasteiger partial charge is 0.273 e. The summed E-state index contributed by atoms with van der Waals surface area (Å²) in [6.07, 6.45) is 4.31. The molecule has 1 fully saturated rings. The molecule has 0 N–H and O–H groups in total. The molecule has 4 heteroatoms. The molecule has 0 aliphatic heterocycles. The minimum Gasteiger partial charge on any atom is -0.324 e. The van der Waals surface area contributed by atoms with E-state index in [-0.39, 0.29) is 5.56 Å². The predicted octanol–water partition coefficient (Wildman–Crippen LogP) is 2.08. The maximum atomic E-state index is 11.1. The molecular weight excluding hydrogens is 196 g/mol. The van der Waals surface area contributed by atoms with Crippen molar-refractivity contribution < 1.29 is 0 Å². The van der Waals surface area contributed by atoms with Crippen molar-refractivity contribution in [3.8, 4) is 0 Å². The van der Waals surface area contributed by atoms with Crippen LogP contribution in [0.1, 0.15) is 32.7 Å². The summed E-state index contributed by atoms with van der Waals surface area (Å²) in [5, 5.41) is 1.34. The molecule has 1 saturated carbocycles. The van der Waals surface area contributed by atoms with Crippen LogP contribution in [0.2, 0.25) is 0 Å². The lowest BCUT2D eigenvalue weighted by Crippen LogP contribution is -2.13. The molecule has 0 unspecified atom stereocenters. The fraction of sp³-hybridized carbons (Fsp3) is 0.600.